The number of rotatable bonds is 1. The van der Waals surface area contributed by atoms with Crippen LogP contribution in [0, 0.1) is 6.92 Å². The zero-order valence-corrected chi connectivity index (χ0v) is 7.42. The van der Waals surface area contributed by atoms with Gasteiger partial charge in [0.1, 0.15) is 11.5 Å². The normalized spacial score (nSPS) is 10.7. The molecule has 0 saturated heterocycles. The maximum Gasteiger partial charge on any atom is 0.342 e. The highest BCUT2D eigenvalue weighted by atomic mass is 16.4. The van der Waals surface area contributed by atoms with Gasteiger partial charge in [0.15, 0.2) is 0 Å². The first kappa shape index (κ1) is 8.84. The molecule has 1 aromatic heterocycles. The first-order valence-electron chi connectivity index (χ1n) is 3.86. The molecule has 1 rings (SSSR count). The highest BCUT2D eigenvalue weighted by Gasteiger charge is 2.08. The highest BCUT2D eigenvalue weighted by molar-refractivity contribution is 5.29. The fourth-order valence-electron chi connectivity index (χ4n) is 0.845. The quantitative estimate of drug-likeness (QED) is 0.695. The molecule has 0 spiro atoms. The maximum absolute atomic E-state index is 11.0. The van der Waals surface area contributed by atoms with Crippen molar-refractivity contribution in [3.05, 3.63) is 27.8 Å². The zero-order chi connectivity index (χ0) is 9.30. The van der Waals surface area contributed by atoms with Gasteiger partial charge >= 0.3 is 5.63 Å². The van der Waals surface area contributed by atoms with Crippen LogP contribution in [-0.2, 0) is 0 Å². The van der Waals surface area contributed by atoms with Gasteiger partial charge in [0, 0.05) is 12.0 Å². The zero-order valence-electron chi connectivity index (χ0n) is 7.42. The van der Waals surface area contributed by atoms with Gasteiger partial charge < -0.3 is 9.52 Å². The Morgan fingerprint density at radius 2 is 2.08 bits per heavy atom. The van der Waals surface area contributed by atoms with Crippen LogP contribution >= 0.6 is 0 Å². The minimum atomic E-state index is -0.460. The molecule has 0 aliphatic heterocycles. The summed E-state index contributed by atoms with van der Waals surface area (Å²) in [5, 5.41) is 9.27. The van der Waals surface area contributed by atoms with E-state index in [4.69, 9.17) is 4.42 Å². The molecule has 1 aromatic rings. The molecule has 3 nitrogen and oxygen atoms in total. The molecule has 1 heterocycles. The van der Waals surface area contributed by atoms with E-state index in [0.29, 0.717) is 5.76 Å². The van der Waals surface area contributed by atoms with Crippen molar-refractivity contribution >= 4 is 0 Å². The van der Waals surface area contributed by atoms with Gasteiger partial charge in [0.05, 0.1) is 5.56 Å². The smallest absolute Gasteiger partial charge is 0.342 e. The predicted octanol–water partition coefficient (Wildman–Crippen LogP) is 1.78. The van der Waals surface area contributed by atoms with Crippen LogP contribution in [0.1, 0.15) is 31.1 Å². The average molecular weight is 168 g/mol. The van der Waals surface area contributed by atoms with Gasteiger partial charge in [0.2, 0.25) is 0 Å². The van der Waals surface area contributed by atoms with Crippen LogP contribution in [0.5, 0.6) is 5.75 Å². The Morgan fingerprint density at radius 1 is 1.50 bits per heavy atom. The molecule has 66 valence electrons. The third-order valence-corrected chi connectivity index (χ3v) is 1.75. The maximum atomic E-state index is 11.0. The van der Waals surface area contributed by atoms with E-state index in [9.17, 15) is 9.90 Å². The molecule has 12 heavy (non-hydrogen) atoms. The lowest BCUT2D eigenvalue weighted by molar-refractivity contribution is 0.405. The largest absolute Gasteiger partial charge is 0.507 e. The number of hydrogen-bond donors (Lipinski definition) is 1. The highest BCUT2D eigenvalue weighted by Crippen LogP contribution is 2.19. The molecule has 0 aromatic carbocycles. The summed E-state index contributed by atoms with van der Waals surface area (Å²) in [5.41, 5.74) is -0.196. The van der Waals surface area contributed by atoms with Crippen LogP contribution in [0.3, 0.4) is 0 Å². The van der Waals surface area contributed by atoms with Crippen LogP contribution in [0.2, 0.25) is 0 Å². The molecular weight excluding hydrogens is 156 g/mol. The number of hydrogen-bond acceptors (Lipinski definition) is 3. The van der Waals surface area contributed by atoms with Gasteiger partial charge in [-0.15, -0.1) is 0 Å². The van der Waals surface area contributed by atoms with E-state index in [0.717, 1.165) is 0 Å². The van der Waals surface area contributed by atoms with Crippen molar-refractivity contribution in [3.8, 4) is 5.75 Å². The molecule has 0 atom stereocenters. The molecule has 3 heteroatoms. The SMILES string of the molecule is Cc1c(O)cc(C(C)C)oc1=O. The Kier molecular flexibility index (Phi) is 2.22. The van der Waals surface area contributed by atoms with E-state index in [1.165, 1.54) is 13.0 Å². The lowest BCUT2D eigenvalue weighted by Crippen LogP contribution is -2.05. The predicted molar refractivity (Wildman–Crippen MR) is 45.5 cm³/mol. The summed E-state index contributed by atoms with van der Waals surface area (Å²) in [6, 6.07) is 1.49. The minimum absolute atomic E-state index is 0.00921. The summed E-state index contributed by atoms with van der Waals surface area (Å²) in [5.74, 6) is 0.641. The van der Waals surface area contributed by atoms with Crippen molar-refractivity contribution in [1.82, 2.24) is 0 Å². The lowest BCUT2D eigenvalue weighted by atomic mass is 10.1. The van der Waals surface area contributed by atoms with Crippen LogP contribution in [-0.4, -0.2) is 5.11 Å². The topological polar surface area (TPSA) is 50.4 Å². The van der Waals surface area contributed by atoms with Gasteiger partial charge in [-0.1, -0.05) is 13.8 Å². The molecular formula is C9H12O3. The van der Waals surface area contributed by atoms with Crippen molar-refractivity contribution in [3.63, 3.8) is 0 Å². The van der Waals surface area contributed by atoms with Gasteiger partial charge in [0.25, 0.3) is 0 Å². The Hall–Kier alpha value is -1.25. The van der Waals surface area contributed by atoms with Crippen molar-refractivity contribution in [2.75, 3.05) is 0 Å². The second-order valence-corrected chi connectivity index (χ2v) is 3.10. The number of aromatic hydroxyl groups is 1. The minimum Gasteiger partial charge on any atom is -0.507 e. The summed E-state index contributed by atoms with van der Waals surface area (Å²) in [7, 11) is 0. The second kappa shape index (κ2) is 3.01. The van der Waals surface area contributed by atoms with Crippen LogP contribution < -0.4 is 5.63 Å². The first-order valence-corrected chi connectivity index (χ1v) is 3.86. The van der Waals surface area contributed by atoms with E-state index in [2.05, 4.69) is 0 Å². The van der Waals surface area contributed by atoms with E-state index in [1.54, 1.807) is 0 Å². The fourth-order valence-corrected chi connectivity index (χ4v) is 0.845. The summed E-state index contributed by atoms with van der Waals surface area (Å²) in [4.78, 5) is 11.0. The third kappa shape index (κ3) is 1.49. The summed E-state index contributed by atoms with van der Waals surface area (Å²) < 4.78 is 4.93. The van der Waals surface area contributed by atoms with E-state index in [1.807, 2.05) is 13.8 Å². The molecule has 0 bridgehead atoms. The molecule has 0 saturated carbocycles. The molecule has 0 unspecified atom stereocenters. The summed E-state index contributed by atoms with van der Waals surface area (Å²) in [6.45, 7) is 5.32. The van der Waals surface area contributed by atoms with Crippen LogP contribution in [0.25, 0.3) is 0 Å². The standard InChI is InChI=1S/C9H12O3/c1-5(2)8-4-7(10)6(3)9(11)12-8/h4-5,10H,1-3H3. The molecule has 1 N–H and O–H groups in total. The van der Waals surface area contributed by atoms with Crippen molar-refractivity contribution in [1.29, 1.82) is 0 Å². The third-order valence-electron chi connectivity index (χ3n) is 1.75. The van der Waals surface area contributed by atoms with Gasteiger partial charge in [-0.05, 0) is 6.92 Å². The fraction of sp³-hybridized carbons (Fsp3) is 0.444. The lowest BCUT2D eigenvalue weighted by Gasteiger charge is -2.04. The Morgan fingerprint density at radius 3 is 2.50 bits per heavy atom. The second-order valence-electron chi connectivity index (χ2n) is 3.10. The van der Waals surface area contributed by atoms with E-state index in [-0.39, 0.29) is 17.2 Å². The van der Waals surface area contributed by atoms with Gasteiger partial charge in [-0.3, -0.25) is 0 Å². The van der Waals surface area contributed by atoms with Crippen LogP contribution in [0.15, 0.2) is 15.3 Å². The van der Waals surface area contributed by atoms with Crippen molar-refractivity contribution < 1.29 is 9.52 Å². The Bertz CT molecular complexity index is 336. The Balaban J connectivity index is 3.31. The van der Waals surface area contributed by atoms with Gasteiger partial charge in [-0.2, -0.15) is 0 Å². The first-order chi connectivity index (χ1) is 5.52. The molecule has 0 aliphatic carbocycles. The molecule has 0 aliphatic rings. The molecule has 0 amide bonds. The Labute approximate surface area is 70.7 Å². The average Bonchev–Trinajstić information content (AvgIpc) is 1.99. The van der Waals surface area contributed by atoms with E-state index >= 15 is 0 Å². The van der Waals surface area contributed by atoms with E-state index < -0.39 is 5.63 Å². The van der Waals surface area contributed by atoms with Crippen molar-refractivity contribution in [2.24, 2.45) is 0 Å². The molecule has 0 fully saturated rings. The monoisotopic (exact) mass is 168 g/mol. The van der Waals surface area contributed by atoms with Gasteiger partial charge in [-0.25, -0.2) is 4.79 Å². The van der Waals surface area contributed by atoms with Crippen LogP contribution in [0.4, 0.5) is 0 Å². The molecule has 0 radical (unpaired) electrons. The summed E-state index contributed by atoms with van der Waals surface area (Å²) >= 11 is 0. The summed E-state index contributed by atoms with van der Waals surface area (Å²) in [6.07, 6.45) is 0. The van der Waals surface area contributed by atoms with Crippen molar-refractivity contribution in [2.45, 2.75) is 26.7 Å².